The van der Waals surface area contributed by atoms with Crippen molar-refractivity contribution in [2.75, 3.05) is 40.1 Å². The summed E-state index contributed by atoms with van der Waals surface area (Å²) < 4.78 is 26.6. The van der Waals surface area contributed by atoms with Crippen molar-refractivity contribution in [3.8, 4) is 28.7 Å². The maximum absolute atomic E-state index is 13.1. The van der Waals surface area contributed by atoms with E-state index in [0.717, 1.165) is 52.4 Å². The molecule has 10 heteroatoms. The first-order chi connectivity index (χ1) is 27.7. The van der Waals surface area contributed by atoms with E-state index in [1.807, 2.05) is 24.3 Å². The first-order valence-corrected chi connectivity index (χ1v) is 18.5. The van der Waals surface area contributed by atoms with Crippen molar-refractivity contribution in [3.05, 3.63) is 161 Å². The van der Waals surface area contributed by atoms with E-state index in [1.54, 1.807) is 31.4 Å². The maximum atomic E-state index is 13.1. The van der Waals surface area contributed by atoms with E-state index < -0.39 is 17.9 Å². The lowest BCUT2D eigenvalue weighted by Gasteiger charge is -2.16. The Morgan fingerprint density at radius 3 is 2.07 bits per heavy atom. The molecule has 0 fully saturated rings. The topological polar surface area (TPSA) is 121 Å². The van der Waals surface area contributed by atoms with Crippen molar-refractivity contribution in [2.45, 2.75) is 12.8 Å². The molecule has 0 bridgehead atoms. The SMILES string of the molecule is C=CC(=O)OCC(COC(=O)C=C)Cc1ccc(C(=O)Oc2cc(Cl)c(C#Cc3ccc(-c4ccc5cc(CCOCCOC)ccc5c4)cc3)c(C=N)c2)cc1. The van der Waals surface area contributed by atoms with Crippen LogP contribution in [0.25, 0.3) is 21.9 Å². The van der Waals surface area contributed by atoms with Gasteiger partial charge in [0.25, 0.3) is 0 Å². The molecule has 0 aliphatic heterocycles. The molecule has 1 N–H and O–H groups in total. The fourth-order valence-corrected chi connectivity index (χ4v) is 6.08. The zero-order valence-electron chi connectivity index (χ0n) is 31.6. The molecule has 0 atom stereocenters. The molecule has 0 saturated carbocycles. The van der Waals surface area contributed by atoms with Gasteiger partial charge in [-0.05, 0) is 82.3 Å². The lowest BCUT2D eigenvalue weighted by atomic mass is 9.98. The highest BCUT2D eigenvalue weighted by Gasteiger charge is 2.17. The minimum atomic E-state index is -0.625. The summed E-state index contributed by atoms with van der Waals surface area (Å²) in [5.41, 5.74) is 6.05. The fourth-order valence-electron chi connectivity index (χ4n) is 5.81. The fraction of sp³-hybridized carbons (Fsp3) is 0.191. The largest absolute Gasteiger partial charge is 0.462 e. The quantitative estimate of drug-likeness (QED) is 0.0234. The first-order valence-electron chi connectivity index (χ1n) is 18.1. The number of fused-ring (bicyclic) bond motifs is 1. The molecular formula is C47H42ClNO8. The van der Waals surface area contributed by atoms with Gasteiger partial charge in [0.05, 0.1) is 49.2 Å². The van der Waals surface area contributed by atoms with Crippen LogP contribution < -0.4 is 4.74 Å². The van der Waals surface area contributed by atoms with E-state index in [9.17, 15) is 14.4 Å². The van der Waals surface area contributed by atoms with Crippen LogP contribution in [-0.2, 0) is 41.4 Å². The second kappa shape index (κ2) is 21.1. The van der Waals surface area contributed by atoms with E-state index in [-0.39, 0.29) is 35.5 Å². The van der Waals surface area contributed by atoms with E-state index in [4.69, 9.17) is 40.7 Å². The van der Waals surface area contributed by atoms with Gasteiger partial charge in [-0.2, -0.15) is 0 Å². The highest BCUT2D eigenvalue weighted by atomic mass is 35.5. The summed E-state index contributed by atoms with van der Waals surface area (Å²) in [6.45, 7) is 8.61. The highest BCUT2D eigenvalue weighted by Crippen LogP contribution is 2.28. The normalized spacial score (nSPS) is 10.6. The van der Waals surface area contributed by atoms with Crippen LogP contribution in [0, 0.1) is 23.2 Å². The Hall–Kier alpha value is -6.31. The third-order valence-corrected chi connectivity index (χ3v) is 9.15. The van der Waals surface area contributed by atoms with Gasteiger partial charge in [0, 0.05) is 48.6 Å². The summed E-state index contributed by atoms with van der Waals surface area (Å²) in [5.74, 6) is 4.23. The Bertz CT molecular complexity index is 2280. The Labute approximate surface area is 337 Å². The minimum absolute atomic E-state index is 0.00326. The van der Waals surface area contributed by atoms with Crippen LogP contribution in [0.3, 0.4) is 0 Å². The summed E-state index contributed by atoms with van der Waals surface area (Å²) >= 11 is 6.61. The van der Waals surface area contributed by atoms with Crippen molar-refractivity contribution in [1.29, 1.82) is 5.41 Å². The van der Waals surface area contributed by atoms with Gasteiger partial charge >= 0.3 is 17.9 Å². The zero-order valence-corrected chi connectivity index (χ0v) is 32.3. The van der Waals surface area contributed by atoms with E-state index in [2.05, 4.69) is 61.4 Å². The number of carbonyl (C=O) groups excluding carboxylic acids is 3. The molecule has 0 aliphatic rings. The van der Waals surface area contributed by atoms with Crippen molar-refractivity contribution in [2.24, 2.45) is 5.92 Å². The van der Waals surface area contributed by atoms with Crippen molar-refractivity contribution in [3.63, 3.8) is 0 Å². The summed E-state index contributed by atoms with van der Waals surface area (Å²) in [5, 5.41) is 10.5. The molecule has 0 saturated heterocycles. The molecule has 0 aliphatic carbocycles. The number of ether oxygens (including phenoxy) is 5. The Morgan fingerprint density at radius 2 is 1.40 bits per heavy atom. The predicted octanol–water partition coefficient (Wildman–Crippen LogP) is 8.60. The summed E-state index contributed by atoms with van der Waals surface area (Å²) in [4.78, 5) is 36.2. The average Bonchev–Trinajstić information content (AvgIpc) is 3.23. The number of carbonyl (C=O) groups is 3. The molecule has 0 amide bonds. The molecule has 0 spiro atoms. The monoisotopic (exact) mass is 783 g/mol. The Kier molecular flexibility index (Phi) is 15.5. The van der Waals surface area contributed by atoms with Crippen molar-refractivity contribution < 1.29 is 38.1 Å². The smallest absolute Gasteiger partial charge is 0.343 e. The molecule has 290 valence electrons. The lowest BCUT2D eigenvalue weighted by molar-refractivity contribution is -0.142. The molecule has 5 aromatic carbocycles. The average molecular weight is 784 g/mol. The van der Waals surface area contributed by atoms with Gasteiger partial charge < -0.3 is 29.1 Å². The molecule has 0 aromatic heterocycles. The summed E-state index contributed by atoms with van der Waals surface area (Å²) in [6, 6.07) is 30.5. The number of benzene rings is 5. The van der Waals surface area contributed by atoms with Gasteiger partial charge in [-0.15, -0.1) is 0 Å². The van der Waals surface area contributed by atoms with Gasteiger partial charge in [-0.1, -0.05) is 91.2 Å². The number of hydrogen-bond acceptors (Lipinski definition) is 9. The molecule has 5 rings (SSSR count). The summed E-state index contributed by atoms with van der Waals surface area (Å²) in [7, 11) is 1.66. The van der Waals surface area contributed by atoms with E-state index in [0.29, 0.717) is 37.4 Å². The third kappa shape index (κ3) is 12.3. The van der Waals surface area contributed by atoms with Crippen LogP contribution in [0.4, 0.5) is 0 Å². The first kappa shape index (κ1) is 41.8. The zero-order chi connectivity index (χ0) is 40.6. The number of hydrogen-bond donors (Lipinski definition) is 1. The number of methoxy groups -OCH3 is 1. The number of esters is 3. The Morgan fingerprint density at radius 1 is 0.754 bits per heavy atom. The molecule has 57 heavy (non-hydrogen) atoms. The molecule has 5 aromatic rings. The molecule has 9 nitrogen and oxygen atoms in total. The molecule has 0 unspecified atom stereocenters. The standard InChI is InChI=1S/C47H42ClNO8/c1-4-45(50)55-30-35(31-56-46(51)5-2)24-33-8-14-37(15-9-33)47(52)57-42-27-41(29-49)43(44(48)28-42)19-11-32-6-12-36(13-7-32)39-18-17-38-25-34(10-16-40(38)26-39)20-21-54-23-22-53-3/h4-10,12-18,25-29,35,49H,1-2,20-24,30-31H2,3H3. The Balaban J connectivity index is 1.21. The van der Waals surface area contributed by atoms with Crippen LogP contribution >= 0.6 is 11.6 Å². The lowest BCUT2D eigenvalue weighted by Crippen LogP contribution is -2.22. The van der Waals surface area contributed by atoms with Crippen molar-refractivity contribution >= 4 is 46.5 Å². The number of halogens is 1. The van der Waals surface area contributed by atoms with Gasteiger partial charge in [-0.3, -0.25) is 0 Å². The second-order valence-corrected chi connectivity index (χ2v) is 13.3. The van der Waals surface area contributed by atoms with Crippen molar-refractivity contribution in [1.82, 2.24) is 0 Å². The number of rotatable bonds is 18. The molecule has 0 radical (unpaired) electrons. The van der Waals surface area contributed by atoms with Crippen LogP contribution in [-0.4, -0.2) is 64.3 Å². The molecular weight excluding hydrogens is 742 g/mol. The van der Waals surface area contributed by atoms with Gasteiger partial charge in [0.2, 0.25) is 0 Å². The number of nitrogens with one attached hydrogen (secondary N) is 1. The van der Waals surface area contributed by atoms with Gasteiger partial charge in [0.15, 0.2) is 0 Å². The van der Waals surface area contributed by atoms with Crippen LogP contribution in [0.5, 0.6) is 5.75 Å². The summed E-state index contributed by atoms with van der Waals surface area (Å²) in [6.07, 6.45) is 4.46. The second-order valence-electron chi connectivity index (χ2n) is 12.9. The third-order valence-electron chi connectivity index (χ3n) is 8.85. The van der Waals surface area contributed by atoms with Crippen LogP contribution in [0.1, 0.15) is 38.2 Å². The van der Waals surface area contributed by atoms with Crippen LogP contribution in [0.15, 0.2) is 122 Å². The van der Waals surface area contributed by atoms with E-state index >= 15 is 0 Å². The highest BCUT2D eigenvalue weighted by molar-refractivity contribution is 6.32. The van der Waals surface area contributed by atoms with E-state index in [1.165, 1.54) is 23.1 Å². The van der Waals surface area contributed by atoms with Crippen LogP contribution in [0.2, 0.25) is 5.02 Å². The maximum Gasteiger partial charge on any atom is 0.343 e. The predicted molar refractivity (Wildman–Crippen MR) is 222 cm³/mol. The van der Waals surface area contributed by atoms with Gasteiger partial charge in [0.1, 0.15) is 5.75 Å². The van der Waals surface area contributed by atoms with Gasteiger partial charge in [-0.25, -0.2) is 14.4 Å². The molecule has 0 heterocycles. The minimum Gasteiger partial charge on any atom is -0.462 e.